The molecule has 4 aromatic rings. The lowest BCUT2D eigenvalue weighted by atomic mass is 10.2. The van der Waals surface area contributed by atoms with Crippen LogP contribution in [0.3, 0.4) is 0 Å². The molecule has 0 bridgehead atoms. The second kappa shape index (κ2) is 6.89. The van der Waals surface area contributed by atoms with Gasteiger partial charge in [0.1, 0.15) is 29.2 Å². The van der Waals surface area contributed by atoms with E-state index in [-0.39, 0.29) is 17.0 Å². The largest absolute Gasteiger partial charge is 0.507 e. The zero-order chi connectivity index (χ0) is 19.0. The van der Waals surface area contributed by atoms with E-state index in [2.05, 4.69) is 15.4 Å². The predicted molar refractivity (Wildman–Crippen MR) is 101 cm³/mol. The third-order valence-corrected chi connectivity index (χ3v) is 5.75. The Kier molecular flexibility index (Phi) is 4.42. The van der Waals surface area contributed by atoms with Crippen molar-refractivity contribution in [2.45, 2.75) is 9.92 Å². The number of aromatic nitrogens is 3. The van der Waals surface area contributed by atoms with E-state index in [4.69, 9.17) is 5.11 Å². The fourth-order valence-electron chi connectivity index (χ4n) is 2.64. The van der Waals surface area contributed by atoms with Crippen LogP contribution in [0.25, 0.3) is 15.7 Å². The summed E-state index contributed by atoms with van der Waals surface area (Å²) in [5.41, 5.74) is 0.0322. The van der Waals surface area contributed by atoms with Crippen molar-refractivity contribution < 1.29 is 19.8 Å². The molecule has 0 unspecified atom stereocenters. The van der Waals surface area contributed by atoms with Crippen LogP contribution in [0.1, 0.15) is 10.4 Å². The van der Waals surface area contributed by atoms with E-state index in [0.29, 0.717) is 5.03 Å². The average molecular weight is 400 g/mol. The number of carbonyl (C=O) groups excluding carboxylic acids is 1. The van der Waals surface area contributed by atoms with Gasteiger partial charge in [-0.3, -0.25) is 9.59 Å². The van der Waals surface area contributed by atoms with Crippen molar-refractivity contribution in [2.24, 2.45) is 0 Å². The predicted octanol–water partition coefficient (Wildman–Crippen LogP) is 2.62. The number of carboxylic acids is 1. The number of benzene rings is 1. The van der Waals surface area contributed by atoms with Crippen LogP contribution < -0.4 is 5.32 Å². The highest BCUT2D eigenvalue weighted by atomic mass is 32.2. The SMILES string of the molecule is O=C(O)CNC(=O)c1c(O)cc(Sc2cccc3sccc23)n2ncnc12. The van der Waals surface area contributed by atoms with Crippen molar-refractivity contribution in [2.75, 3.05) is 6.54 Å². The van der Waals surface area contributed by atoms with E-state index >= 15 is 0 Å². The summed E-state index contributed by atoms with van der Waals surface area (Å²) in [6.07, 6.45) is 1.28. The summed E-state index contributed by atoms with van der Waals surface area (Å²) in [7, 11) is 0. The van der Waals surface area contributed by atoms with Crippen molar-refractivity contribution in [3.8, 4) is 5.75 Å². The quantitative estimate of drug-likeness (QED) is 0.471. The second-order valence-corrected chi connectivity index (χ2v) is 7.52. The molecule has 0 spiro atoms. The monoisotopic (exact) mass is 400 g/mol. The number of hydrogen-bond donors (Lipinski definition) is 3. The van der Waals surface area contributed by atoms with Gasteiger partial charge in [-0.05, 0) is 23.6 Å². The van der Waals surface area contributed by atoms with Gasteiger partial charge in [-0.15, -0.1) is 11.3 Å². The molecule has 0 aliphatic rings. The van der Waals surface area contributed by atoms with Crippen LogP contribution in [-0.2, 0) is 4.79 Å². The maximum absolute atomic E-state index is 12.3. The van der Waals surface area contributed by atoms with E-state index in [0.717, 1.165) is 15.0 Å². The molecule has 0 radical (unpaired) electrons. The van der Waals surface area contributed by atoms with E-state index < -0.39 is 18.4 Å². The van der Waals surface area contributed by atoms with Crippen LogP contribution in [0, 0.1) is 0 Å². The van der Waals surface area contributed by atoms with E-state index in [1.807, 2.05) is 29.6 Å². The fraction of sp³-hybridized carbons (Fsp3) is 0.0588. The Bertz CT molecular complexity index is 1180. The Morgan fingerprint density at radius 3 is 2.96 bits per heavy atom. The van der Waals surface area contributed by atoms with Gasteiger partial charge in [-0.2, -0.15) is 5.10 Å². The fourth-order valence-corrected chi connectivity index (χ4v) is 4.57. The first-order chi connectivity index (χ1) is 13.0. The van der Waals surface area contributed by atoms with Crippen molar-refractivity contribution in [3.63, 3.8) is 0 Å². The molecule has 0 aliphatic carbocycles. The molecule has 1 aromatic carbocycles. The Morgan fingerprint density at radius 1 is 1.30 bits per heavy atom. The lowest BCUT2D eigenvalue weighted by Gasteiger charge is -2.10. The molecule has 4 rings (SSSR count). The number of amides is 1. The molecule has 136 valence electrons. The smallest absolute Gasteiger partial charge is 0.322 e. The van der Waals surface area contributed by atoms with Gasteiger partial charge in [-0.25, -0.2) is 9.50 Å². The van der Waals surface area contributed by atoms with Crippen molar-refractivity contribution in [3.05, 3.63) is 47.6 Å². The Hall–Kier alpha value is -3.11. The Labute approximate surface area is 160 Å². The van der Waals surface area contributed by atoms with E-state index in [9.17, 15) is 14.7 Å². The Balaban J connectivity index is 1.76. The molecule has 27 heavy (non-hydrogen) atoms. The van der Waals surface area contributed by atoms with Gasteiger partial charge in [0, 0.05) is 21.0 Å². The summed E-state index contributed by atoms with van der Waals surface area (Å²) in [4.78, 5) is 28.0. The van der Waals surface area contributed by atoms with Crippen LogP contribution in [-0.4, -0.2) is 43.2 Å². The molecule has 0 fully saturated rings. The number of nitrogens with zero attached hydrogens (tertiary/aromatic N) is 3. The third-order valence-electron chi connectivity index (χ3n) is 3.79. The van der Waals surface area contributed by atoms with Gasteiger partial charge < -0.3 is 15.5 Å². The summed E-state index contributed by atoms with van der Waals surface area (Å²) in [5.74, 6) is -2.21. The number of aliphatic carboxylic acids is 1. The van der Waals surface area contributed by atoms with Crippen molar-refractivity contribution in [1.82, 2.24) is 19.9 Å². The van der Waals surface area contributed by atoms with Crippen LogP contribution in [0.15, 0.2) is 52.0 Å². The standard InChI is InChI=1S/C17H12N4O4S2/c22-10-6-13(27-12-3-1-2-11-9(12)4-5-26-11)21-16(19-8-20-21)15(10)17(25)18-7-14(23)24/h1-6,8,22H,7H2,(H,18,25)(H,23,24). The third kappa shape index (κ3) is 3.20. The van der Waals surface area contributed by atoms with Crippen LogP contribution in [0.4, 0.5) is 0 Å². The molecule has 8 nitrogen and oxygen atoms in total. The summed E-state index contributed by atoms with van der Waals surface area (Å²) in [6.45, 7) is -0.560. The zero-order valence-electron chi connectivity index (χ0n) is 13.6. The van der Waals surface area contributed by atoms with E-state index in [1.165, 1.54) is 28.7 Å². The molecule has 0 atom stereocenters. The molecular formula is C17H12N4O4S2. The molecule has 3 N–H and O–H groups in total. The molecule has 0 aliphatic heterocycles. The second-order valence-electron chi connectivity index (χ2n) is 5.51. The van der Waals surface area contributed by atoms with Crippen LogP contribution in [0.2, 0.25) is 0 Å². The zero-order valence-corrected chi connectivity index (χ0v) is 15.3. The summed E-state index contributed by atoms with van der Waals surface area (Å²) >= 11 is 3.03. The maximum atomic E-state index is 12.3. The van der Waals surface area contributed by atoms with Gasteiger partial charge in [-0.1, -0.05) is 17.8 Å². The molecule has 0 saturated heterocycles. The average Bonchev–Trinajstić information content (AvgIpc) is 3.29. The first kappa shape index (κ1) is 17.3. The minimum Gasteiger partial charge on any atom is -0.507 e. The van der Waals surface area contributed by atoms with Gasteiger partial charge in [0.15, 0.2) is 5.65 Å². The summed E-state index contributed by atoms with van der Waals surface area (Å²) < 4.78 is 2.59. The maximum Gasteiger partial charge on any atom is 0.322 e. The van der Waals surface area contributed by atoms with Gasteiger partial charge in [0.2, 0.25) is 0 Å². The number of pyridine rings is 1. The first-order valence-corrected chi connectivity index (χ1v) is 9.44. The number of thiophene rings is 1. The highest BCUT2D eigenvalue weighted by molar-refractivity contribution is 7.99. The summed E-state index contributed by atoms with van der Waals surface area (Å²) in [6, 6.07) is 9.39. The van der Waals surface area contributed by atoms with Gasteiger partial charge in [0.05, 0.1) is 0 Å². The molecule has 3 aromatic heterocycles. The Morgan fingerprint density at radius 2 is 2.15 bits per heavy atom. The number of carbonyl (C=O) groups is 2. The molecule has 10 heteroatoms. The lowest BCUT2D eigenvalue weighted by molar-refractivity contribution is -0.135. The number of aromatic hydroxyl groups is 1. The molecule has 1 amide bonds. The van der Waals surface area contributed by atoms with Crippen LogP contribution in [0.5, 0.6) is 5.75 Å². The highest BCUT2D eigenvalue weighted by Gasteiger charge is 2.21. The number of rotatable bonds is 5. The minimum atomic E-state index is -1.18. The van der Waals surface area contributed by atoms with Crippen LogP contribution >= 0.6 is 23.1 Å². The van der Waals surface area contributed by atoms with E-state index in [1.54, 1.807) is 11.3 Å². The minimum absolute atomic E-state index is 0.119. The highest BCUT2D eigenvalue weighted by Crippen LogP contribution is 2.37. The molecular weight excluding hydrogens is 388 g/mol. The topological polar surface area (TPSA) is 117 Å². The normalized spacial score (nSPS) is 11.1. The van der Waals surface area contributed by atoms with Crippen molar-refractivity contribution >= 4 is 50.7 Å². The lowest BCUT2D eigenvalue weighted by Crippen LogP contribution is -2.29. The number of fused-ring (bicyclic) bond motifs is 2. The summed E-state index contributed by atoms with van der Waals surface area (Å²) in [5, 5.41) is 29.1. The number of nitrogens with one attached hydrogen (secondary N) is 1. The molecule has 0 saturated carbocycles. The number of hydrogen-bond acceptors (Lipinski definition) is 7. The first-order valence-electron chi connectivity index (χ1n) is 7.74. The van der Waals surface area contributed by atoms with Gasteiger partial charge >= 0.3 is 5.97 Å². The van der Waals surface area contributed by atoms with Crippen molar-refractivity contribution in [1.29, 1.82) is 0 Å². The molecule has 3 heterocycles. The number of carboxylic acid groups (broad SMARTS) is 1. The van der Waals surface area contributed by atoms with Gasteiger partial charge in [0.25, 0.3) is 5.91 Å².